The minimum absolute atomic E-state index is 0.0840. The van der Waals surface area contributed by atoms with E-state index in [4.69, 9.17) is 4.74 Å². The number of piperidine rings is 1. The van der Waals surface area contributed by atoms with Crippen LogP contribution in [0, 0.1) is 12.8 Å². The Labute approximate surface area is 189 Å². The number of aromatic hydroxyl groups is 1. The van der Waals surface area contributed by atoms with Crippen LogP contribution in [0.1, 0.15) is 55.2 Å². The summed E-state index contributed by atoms with van der Waals surface area (Å²) in [4.78, 5) is 26.9. The Morgan fingerprint density at radius 2 is 1.85 bits per heavy atom. The Kier molecular flexibility index (Phi) is 6.67. The molecule has 1 atom stereocenters. The zero-order valence-corrected chi connectivity index (χ0v) is 18.9. The summed E-state index contributed by atoms with van der Waals surface area (Å²) >= 11 is 0. The van der Waals surface area contributed by atoms with E-state index in [1.165, 1.54) is 11.0 Å². The molecule has 33 heavy (non-hydrogen) atoms. The van der Waals surface area contributed by atoms with Crippen molar-refractivity contribution < 1.29 is 32.6 Å². The second-order valence-electron chi connectivity index (χ2n) is 9.12. The number of ketones is 1. The van der Waals surface area contributed by atoms with Gasteiger partial charge in [-0.3, -0.25) is 4.79 Å². The van der Waals surface area contributed by atoms with E-state index in [-0.39, 0.29) is 29.3 Å². The predicted octanol–water partition coefficient (Wildman–Crippen LogP) is 5.01. The highest BCUT2D eigenvalue weighted by molar-refractivity contribution is 5.97. The van der Waals surface area contributed by atoms with Crippen LogP contribution in [0.4, 0.5) is 18.0 Å². The van der Waals surface area contributed by atoms with Gasteiger partial charge in [0.25, 0.3) is 0 Å². The Balaban J connectivity index is 1.78. The third-order valence-electron chi connectivity index (χ3n) is 5.26. The number of aromatic nitrogens is 2. The summed E-state index contributed by atoms with van der Waals surface area (Å²) < 4.78 is 43.9. The zero-order chi connectivity index (χ0) is 24.6. The van der Waals surface area contributed by atoms with Crippen LogP contribution < -0.4 is 0 Å². The molecular formula is C23H26F3N3O4. The highest BCUT2D eigenvalue weighted by Crippen LogP contribution is 2.36. The fourth-order valence-electron chi connectivity index (χ4n) is 3.67. The molecule has 2 heterocycles. The summed E-state index contributed by atoms with van der Waals surface area (Å²) in [7, 11) is 0. The Morgan fingerprint density at radius 1 is 1.15 bits per heavy atom. The molecule has 3 rings (SSSR count). The first kappa shape index (κ1) is 24.5. The quantitative estimate of drug-likeness (QED) is 0.641. The lowest BCUT2D eigenvalue weighted by Crippen LogP contribution is -2.44. The average Bonchev–Trinajstić information content (AvgIpc) is 2.71. The number of hydrogen-bond acceptors (Lipinski definition) is 6. The summed E-state index contributed by atoms with van der Waals surface area (Å²) in [5.41, 5.74) is -0.788. The molecule has 10 heteroatoms. The number of hydrogen-bond donors (Lipinski definition) is 1. The average molecular weight is 465 g/mol. The largest absolute Gasteiger partial charge is 0.507 e. The predicted molar refractivity (Wildman–Crippen MR) is 114 cm³/mol. The summed E-state index contributed by atoms with van der Waals surface area (Å²) in [6.07, 6.45) is -3.84. The van der Waals surface area contributed by atoms with Crippen molar-refractivity contribution in [2.75, 3.05) is 13.1 Å². The number of nitrogens with zero attached hydrogens (tertiary/aromatic N) is 3. The number of likely N-dealkylation sites (tertiary alicyclic amines) is 1. The first-order chi connectivity index (χ1) is 15.3. The van der Waals surface area contributed by atoms with E-state index in [2.05, 4.69) is 10.2 Å². The molecule has 1 aromatic carbocycles. The van der Waals surface area contributed by atoms with Crippen molar-refractivity contribution in [3.63, 3.8) is 0 Å². The molecule has 0 aliphatic carbocycles. The van der Waals surface area contributed by atoms with E-state index >= 15 is 0 Å². The minimum Gasteiger partial charge on any atom is -0.507 e. The van der Waals surface area contributed by atoms with Crippen LogP contribution in [-0.4, -0.2) is 50.8 Å². The number of halogens is 3. The second kappa shape index (κ2) is 8.99. The SMILES string of the molecule is Cc1cc(C(=O)[C@@H]2CCCN(C(=O)OC(C)(C)C)C2)nnc1-c1ccc(C(F)(F)F)cc1O. The number of rotatable bonds is 3. The van der Waals surface area contributed by atoms with Crippen molar-refractivity contribution in [2.45, 2.75) is 52.3 Å². The van der Waals surface area contributed by atoms with Gasteiger partial charge in [-0.05, 0) is 70.4 Å². The van der Waals surface area contributed by atoms with Gasteiger partial charge in [-0.15, -0.1) is 10.2 Å². The summed E-state index contributed by atoms with van der Waals surface area (Å²) in [5, 5.41) is 18.1. The van der Waals surface area contributed by atoms with Crippen molar-refractivity contribution >= 4 is 11.9 Å². The first-order valence-electron chi connectivity index (χ1n) is 10.5. The van der Waals surface area contributed by atoms with Crippen molar-refractivity contribution in [3.8, 4) is 17.0 Å². The molecule has 0 spiro atoms. The lowest BCUT2D eigenvalue weighted by Gasteiger charge is -2.33. The van der Waals surface area contributed by atoms with Crippen LogP contribution in [0.3, 0.4) is 0 Å². The lowest BCUT2D eigenvalue weighted by atomic mass is 9.91. The van der Waals surface area contributed by atoms with E-state index in [9.17, 15) is 27.9 Å². The van der Waals surface area contributed by atoms with Gasteiger partial charge in [0.15, 0.2) is 5.78 Å². The van der Waals surface area contributed by atoms with Crippen LogP contribution in [-0.2, 0) is 10.9 Å². The normalized spacial score (nSPS) is 17.1. The van der Waals surface area contributed by atoms with Gasteiger partial charge in [0.2, 0.25) is 0 Å². The third kappa shape index (κ3) is 5.80. The highest BCUT2D eigenvalue weighted by Gasteiger charge is 2.33. The van der Waals surface area contributed by atoms with Crippen molar-refractivity contribution in [3.05, 3.63) is 41.1 Å². The van der Waals surface area contributed by atoms with Crippen LogP contribution >= 0.6 is 0 Å². The second-order valence-corrected chi connectivity index (χ2v) is 9.12. The van der Waals surface area contributed by atoms with Gasteiger partial charge in [-0.25, -0.2) is 4.79 Å². The monoisotopic (exact) mass is 465 g/mol. The van der Waals surface area contributed by atoms with Gasteiger partial charge in [0.05, 0.1) is 11.3 Å². The number of carbonyl (C=O) groups is 2. The van der Waals surface area contributed by atoms with Gasteiger partial charge >= 0.3 is 12.3 Å². The maximum absolute atomic E-state index is 13.0. The zero-order valence-electron chi connectivity index (χ0n) is 18.9. The number of phenols is 1. The van der Waals surface area contributed by atoms with Crippen LogP contribution in [0.2, 0.25) is 0 Å². The fourth-order valence-corrected chi connectivity index (χ4v) is 3.67. The Hall–Kier alpha value is -3.17. The van der Waals surface area contributed by atoms with Gasteiger partial charge in [-0.2, -0.15) is 13.2 Å². The summed E-state index contributed by atoms with van der Waals surface area (Å²) in [6, 6.07) is 4.09. The van der Waals surface area contributed by atoms with Crippen molar-refractivity contribution in [1.29, 1.82) is 0 Å². The molecule has 7 nitrogen and oxygen atoms in total. The van der Waals surface area contributed by atoms with Crippen LogP contribution in [0.5, 0.6) is 5.75 Å². The molecule has 1 aromatic heterocycles. The van der Waals surface area contributed by atoms with Gasteiger partial charge < -0.3 is 14.7 Å². The molecular weight excluding hydrogens is 439 g/mol. The number of carbonyl (C=O) groups excluding carboxylic acids is 2. The number of aryl methyl sites for hydroxylation is 1. The molecule has 2 aromatic rings. The van der Waals surface area contributed by atoms with Gasteiger partial charge in [0.1, 0.15) is 17.0 Å². The third-order valence-corrected chi connectivity index (χ3v) is 5.26. The smallest absolute Gasteiger partial charge is 0.416 e. The number of phenolic OH excluding ortho intramolecular Hbond substituents is 1. The maximum Gasteiger partial charge on any atom is 0.416 e. The molecule has 0 unspecified atom stereocenters. The molecule has 1 aliphatic rings. The molecule has 1 amide bonds. The van der Waals surface area contributed by atoms with E-state index < -0.39 is 35.1 Å². The molecule has 1 saturated heterocycles. The van der Waals surface area contributed by atoms with E-state index in [1.54, 1.807) is 27.7 Å². The fraction of sp³-hybridized carbons (Fsp3) is 0.478. The first-order valence-corrected chi connectivity index (χ1v) is 10.5. The Morgan fingerprint density at radius 3 is 2.42 bits per heavy atom. The van der Waals surface area contributed by atoms with Gasteiger partial charge in [-0.1, -0.05) is 0 Å². The highest BCUT2D eigenvalue weighted by atomic mass is 19.4. The minimum atomic E-state index is -4.58. The van der Waals surface area contributed by atoms with E-state index in [0.717, 1.165) is 12.1 Å². The molecule has 178 valence electrons. The van der Waals surface area contributed by atoms with Crippen molar-refractivity contribution in [1.82, 2.24) is 15.1 Å². The molecule has 1 aliphatic heterocycles. The lowest BCUT2D eigenvalue weighted by molar-refractivity contribution is -0.137. The van der Waals surface area contributed by atoms with E-state index in [0.29, 0.717) is 31.0 Å². The maximum atomic E-state index is 13.0. The van der Waals surface area contributed by atoms with Crippen LogP contribution in [0.25, 0.3) is 11.3 Å². The number of Topliss-reactive ketones (excluding diaryl/α,β-unsaturated/α-hetero) is 1. The molecule has 1 N–H and O–H groups in total. The number of benzene rings is 1. The molecule has 1 fully saturated rings. The Bertz CT molecular complexity index is 1060. The topological polar surface area (TPSA) is 92.6 Å². The van der Waals surface area contributed by atoms with Gasteiger partial charge in [0, 0.05) is 24.6 Å². The van der Waals surface area contributed by atoms with Crippen LogP contribution in [0.15, 0.2) is 24.3 Å². The van der Waals surface area contributed by atoms with E-state index in [1.807, 2.05) is 0 Å². The summed E-state index contributed by atoms with van der Waals surface area (Å²) in [6.45, 7) is 7.64. The number of amides is 1. The number of alkyl halides is 3. The summed E-state index contributed by atoms with van der Waals surface area (Å²) in [5.74, 6) is -1.33. The number of ether oxygens (including phenoxy) is 1. The molecule has 0 radical (unpaired) electrons. The van der Waals surface area contributed by atoms with Crippen molar-refractivity contribution in [2.24, 2.45) is 5.92 Å². The molecule has 0 saturated carbocycles. The standard InChI is InChI=1S/C23H26F3N3O4/c1-13-10-17(20(31)14-6-5-9-29(12-14)21(32)33-22(2,3)4)27-28-19(13)16-8-7-15(11-18(16)30)23(24,25)26/h7-8,10-11,14,30H,5-6,9,12H2,1-4H3/t14-/m1/s1. The molecule has 0 bridgehead atoms.